The van der Waals surface area contributed by atoms with Crippen LogP contribution in [0.3, 0.4) is 0 Å². The third kappa shape index (κ3) is 8.16. The SMILES string of the molecule is CCNC(=O)[C@H](Cc1ccccc1)N(Cc1ccccc1Cl)C(=O)CN(c1cccc(Cl)c1)S(=O)(=O)c1ccc(C)cc1. The largest absolute Gasteiger partial charge is 0.355 e. The van der Waals surface area contributed by atoms with Gasteiger partial charge in [-0.15, -0.1) is 0 Å². The molecule has 0 spiro atoms. The van der Waals surface area contributed by atoms with Crippen LogP contribution in [0, 0.1) is 6.92 Å². The van der Waals surface area contributed by atoms with Crippen molar-refractivity contribution in [2.45, 2.75) is 37.8 Å². The summed E-state index contributed by atoms with van der Waals surface area (Å²) >= 11 is 12.8. The molecule has 10 heteroatoms. The highest BCUT2D eigenvalue weighted by molar-refractivity contribution is 7.92. The highest BCUT2D eigenvalue weighted by atomic mass is 35.5. The van der Waals surface area contributed by atoms with E-state index in [2.05, 4.69) is 5.32 Å². The smallest absolute Gasteiger partial charge is 0.264 e. The van der Waals surface area contributed by atoms with Crippen molar-refractivity contribution in [3.63, 3.8) is 0 Å². The highest BCUT2D eigenvalue weighted by Gasteiger charge is 2.34. The van der Waals surface area contributed by atoms with Crippen LogP contribution in [0.2, 0.25) is 10.0 Å². The number of likely N-dealkylation sites (N-methyl/N-ethyl adjacent to an activating group) is 1. The van der Waals surface area contributed by atoms with Crippen molar-refractivity contribution in [1.82, 2.24) is 10.2 Å². The van der Waals surface area contributed by atoms with E-state index in [0.717, 1.165) is 15.4 Å². The van der Waals surface area contributed by atoms with Gasteiger partial charge in [0, 0.05) is 29.6 Å². The first-order chi connectivity index (χ1) is 20.6. The topological polar surface area (TPSA) is 86.8 Å². The first-order valence-electron chi connectivity index (χ1n) is 13.8. The van der Waals surface area contributed by atoms with Gasteiger partial charge in [0.05, 0.1) is 10.6 Å². The maximum atomic E-state index is 14.4. The van der Waals surface area contributed by atoms with Crippen molar-refractivity contribution in [2.24, 2.45) is 0 Å². The molecule has 0 saturated heterocycles. The van der Waals surface area contributed by atoms with Crippen LogP contribution in [0.5, 0.6) is 0 Å². The quantitative estimate of drug-likeness (QED) is 0.198. The zero-order valence-electron chi connectivity index (χ0n) is 23.9. The number of carbonyl (C=O) groups excluding carboxylic acids is 2. The fourth-order valence-electron chi connectivity index (χ4n) is 4.65. The van der Waals surface area contributed by atoms with Crippen molar-refractivity contribution >= 4 is 50.7 Å². The van der Waals surface area contributed by atoms with E-state index < -0.39 is 28.5 Å². The van der Waals surface area contributed by atoms with E-state index in [1.165, 1.54) is 23.1 Å². The Morgan fingerprint density at radius 2 is 1.53 bits per heavy atom. The molecule has 0 heterocycles. The first kappa shape index (κ1) is 32.1. The van der Waals surface area contributed by atoms with Gasteiger partial charge in [0.25, 0.3) is 10.0 Å². The lowest BCUT2D eigenvalue weighted by Gasteiger charge is -2.34. The highest BCUT2D eigenvalue weighted by Crippen LogP contribution is 2.28. The van der Waals surface area contributed by atoms with Gasteiger partial charge in [-0.25, -0.2) is 8.42 Å². The molecule has 4 aromatic carbocycles. The van der Waals surface area contributed by atoms with E-state index in [1.54, 1.807) is 61.5 Å². The number of nitrogens with zero attached hydrogens (tertiary/aromatic N) is 2. The van der Waals surface area contributed by atoms with Gasteiger partial charge in [-0.05, 0) is 61.4 Å². The molecule has 1 N–H and O–H groups in total. The number of aryl methyl sites for hydroxylation is 1. The maximum absolute atomic E-state index is 14.4. The molecule has 0 unspecified atom stereocenters. The van der Waals surface area contributed by atoms with E-state index in [9.17, 15) is 18.0 Å². The van der Waals surface area contributed by atoms with E-state index >= 15 is 0 Å². The average molecular weight is 639 g/mol. The van der Waals surface area contributed by atoms with Gasteiger partial charge < -0.3 is 10.2 Å². The molecular weight excluding hydrogens is 605 g/mol. The van der Waals surface area contributed by atoms with E-state index in [1.807, 2.05) is 37.3 Å². The standard InChI is InChI=1S/C33H33Cl2N3O4S/c1-3-36-33(40)31(20-25-10-5-4-6-11-25)37(22-26-12-7-8-15-30(26)35)32(39)23-38(28-14-9-13-27(34)21-28)43(41,42)29-18-16-24(2)17-19-29/h4-19,21,31H,3,20,22-23H2,1-2H3,(H,36,40)/t31-/m0/s1. The number of benzene rings is 4. The fraction of sp³-hybridized carbons (Fsp3) is 0.212. The summed E-state index contributed by atoms with van der Waals surface area (Å²) in [6, 6.07) is 28.2. The van der Waals surface area contributed by atoms with Crippen molar-refractivity contribution in [1.29, 1.82) is 0 Å². The Morgan fingerprint density at radius 1 is 0.860 bits per heavy atom. The predicted octanol–water partition coefficient (Wildman–Crippen LogP) is 6.27. The second-order valence-electron chi connectivity index (χ2n) is 10.0. The summed E-state index contributed by atoms with van der Waals surface area (Å²) < 4.78 is 29.1. The minimum absolute atomic E-state index is 0.0128. The fourth-order valence-corrected chi connectivity index (χ4v) is 6.44. The predicted molar refractivity (Wildman–Crippen MR) is 172 cm³/mol. The van der Waals surface area contributed by atoms with Crippen LogP contribution in [-0.2, 0) is 32.6 Å². The van der Waals surface area contributed by atoms with Crippen LogP contribution in [0.25, 0.3) is 0 Å². The zero-order valence-corrected chi connectivity index (χ0v) is 26.2. The third-order valence-corrected chi connectivity index (χ3v) is 9.30. The van der Waals surface area contributed by atoms with Crippen LogP contribution in [0.4, 0.5) is 5.69 Å². The van der Waals surface area contributed by atoms with Gasteiger partial charge in [0.15, 0.2) is 0 Å². The lowest BCUT2D eigenvalue weighted by Crippen LogP contribution is -2.53. The number of halogens is 2. The summed E-state index contributed by atoms with van der Waals surface area (Å²) in [4.78, 5) is 29.3. The number of nitrogens with one attached hydrogen (secondary N) is 1. The van der Waals surface area contributed by atoms with Gasteiger partial charge in [-0.3, -0.25) is 13.9 Å². The van der Waals surface area contributed by atoms with Gasteiger partial charge in [-0.1, -0.05) is 95.5 Å². The normalized spacial score (nSPS) is 11.9. The summed E-state index contributed by atoms with van der Waals surface area (Å²) in [6.07, 6.45) is 0.213. The van der Waals surface area contributed by atoms with Crippen molar-refractivity contribution in [2.75, 3.05) is 17.4 Å². The molecule has 0 fully saturated rings. The van der Waals surface area contributed by atoms with E-state index in [4.69, 9.17) is 23.2 Å². The van der Waals surface area contributed by atoms with Crippen LogP contribution in [0.15, 0.2) is 108 Å². The van der Waals surface area contributed by atoms with Crippen molar-refractivity contribution in [3.8, 4) is 0 Å². The van der Waals surface area contributed by atoms with Crippen LogP contribution in [-0.4, -0.2) is 44.3 Å². The van der Waals surface area contributed by atoms with Gasteiger partial charge >= 0.3 is 0 Å². The molecule has 0 saturated carbocycles. The Labute approximate surface area is 263 Å². The number of anilines is 1. The number of carbonyl (C=O) groups is 2. The monoisotopic (exact) mass is 637 g/mol. The first-order valence-corrected chi connectivity index (χ1v) is 16.0. The second-order valence-corrected chi connectivity index (χ2v) is 12.7. The molecule has 0 aliphatic rings. The number of sulfonamides is 1. The summed E-state index contributed by atoms with van der Waals surface area (Å²) in [7, 11) is -4.21. The molecular formula is C33H33Cl2N3O4S. The Balaban J connectivity index is 1.80. The average Bonchev–Trinajstić information content (AvgIpc) is 2.99. The molecule has 1 atom stereocenters. The molecule has 0 radical (unpaired) electrons. The number of hydrogen-bond acceptors (Lipinski definition) is 4. The molecule has 224 valence electrons. The lowest BCUT2D eigenvalue weighted by molar-refractivity contribution is -0.140. The summed E-state index contributed by atoms with van der Waals surface area (Å²) in [6.45, 7) is 3.42. The third-order valence-electron chi connectivity index (χ3n) is 6.90. The minimum Gasteiger partial charge on any atom is -0.355 e. The van der Waals surface area contributed by atoms with Crippen LogP contribution >= 0.6 is 23.2 Å². The van der Waals surface area contributed by atoms with Gasteiger partial charge in [0.2, 0.25) is 11.8 Å². The molecule has 0 aliphatic heterocycles. The molecule has 0 aliphatic carbocycles. The second kappa shape index (κ2) is 14.6. The zero-order chi connectivity index (χ0) is 31.0. The van der Waals surface area contributed by atoms with Crippen LogP contribution < -0.4 is 9.62 Å². The molecule has 0 aromatic heterocycles. The number of hydrogen-bond donors (Lipinski definition) is 1. The van der Waals surface area contributed by atoms with E-state index in [-0.39, 0.29) is 29.5 Å². The van der Waals surface area contributed by atoms with Crippen molar-refractivity contribution in [3.05, 3.63) is 130 Å². The molecule has 7 nitrogen and oxygen atoms in total. The summed E-state index contributed by atoms with van der Waals surface area (Å²) in [5.41, 5.74) is 2.57. The summed E-state index contributed by atoms with van der Waals surface area (Å²) in [5.74, 6) is -0.940. The Hall–Kier alpha value is -3.85. The maximum Gasteiger partial charge on any atom is 0.264 e. The van der Waals surface area contributed by atoms with Crippen molar-refractivity contribution < 1.29 is 18.0 Å². The molecule has 4 rings (SSSR count). The summed E-state index contributed by atoms with van der Waals surface area (Å²) in [5, 5.41) is 3.58. The molecule has 4 aromatic rings. The van der Waals surface area contributed by atoms with Gasteiger partial charge in [-0.2, -0.15) is 0 Å². The minimum atomic E-state index is -4.21. The van der Waals surface area contributed by atoms with Crippen LogP contribution in [0.1, 0.15) is 23.6 Å². The Kier molecular flexibility index (Phi) is 10.9. The Bertz CT molecular complexity index is 1670. The Morgan fingerprint density at radius 3 is 2.19 bits per heavy atom. The number of amides is 2. The van der Waals surface area contributed by atoms with E-state index in [0.29, 0.717) is 22.2 Å². The molecule has 2 amide bonds. The molecule has 43 heavy (non-hydrogen) atoms. The lowest BCUT2D eigenvalue weighted by atomic mass is 10.0. The molecule has 0 bridgehead atoms. The van der Waals surface area contributed by atoms with Gasteiger partial charge in [0.1, 0.15) is 12.6 Å². The number of rotatable bonds is 12.